The maximum absolute atomic E-state index is 12.2. The number of rotatable bonds is 5. The van der Waals surface area contributed by atoms with Crippen LogP contribution >= 0.6 is 22.7 Å². The van der Waals surface area contributed by atoms with Crippen LogP contribution in [0.1, 0.15) is 25.1 Å². The van der Waals surface area contributed by atoms with E-state index in [0.717, 1.165) is 79.5 Å². The number of carbonyl (C=O) groups excluding carboxylic acids is 1. The Morgan fingerprint density at radius 3 is 2.83 bits per heavy atom. The third kappa shape index (κ3) is 3.82. The van der Waals surface area contributed by atoms with Gasteiger partial charge in [-0.3, -0.25) is 9.69 Å². The molecule has 1 atom stereocenters. The highest BCUT2D eigenvalue weighted by molar-refractivity contribution is 7.18. The lowest BCUT2D eigenvalue weighted by Gasteiger charge is -2.35. The second-order valence-electron chi connectivity index (χ2n) is 7.77. The average Bonchev–Trinajstić information content (AvgIpc) is 3.43. The third-order valence-corrected chi connectivity index (χ3v) is 7.59. The van der Waals surface area contributed by atoms with Gasteiger partial charge >= 0.3 is 0 Å². The fourth-order valence-electron chi connectivity index (χ4n) is 4.30. The number of nitrogens with two attached hydrogens (primary N) is 1. The smallest absolute Gasteiger partial charge is 0.240 e. The molecule has 0 aliphatic carbocycles. The first-order chi connectivity index (χ1) is 14.7. The van der Waals surface area contributed by atoms with E-state index in [-0.39, 0.29) is 11.9 Å². The molecule has 0 unspecified atom stereocenters. The molecule has 1 amide bonds. The number of carbonyl (C=O) groups is 1. The molecule has 3 aromatic heterocycles. The van der Waals surface area contributed by atoms with Crippen molar-refractivity contribution in [2.45, 2.75) is 31.8 Å². The largest absolute Gasteiger partial charge is 0.379 e. The number of nitrogens with zero attached hydrogens (tertiary/aromatic N) is 4. The molecule has 30 heavy (non-hydrogen) atoms. The number of hydrogen-bond donors (Lipinski definition) is 1. The van der Waals surface area contributed by atoms with Gasteiger partial charge in [0.2, 0.25) is 5.91 Å². The lowest BCUT2D eigenvalue weighted by molar-refractivity contribution is -0.119. The molecule has 0 saturated carbocycles. The fourth-order valence-corrected chi connectivity index (χ4v) is 6.07. The predicted octanol–water partition coefficient (Wildman–Crippen LogP) is 3.10. The lowest BCUT2D eigenvalue weighted by Crippen LogP contribution is -2.48. The minimum atomic E-state index is -0.316. The van der Waals surface area contributed by atoms with Crippen LogP contribution < -0.4 is 10.6 Å². The summed E-state index contributed by atoms with van der Waals surface area (Å²) in [5.41, 5.74) is 6.94. The van der Waals surface area contributed by atoms with Crippen molar-refractivity contribution in [1.82, 2.24) is 14.9 Å². The van der Waals surface area contributed by atoms with Crippen LogP contribution in [-0.4, -0.2) is 59.7 Å². The number of primary amides is 1. The summed E-state index contributed by atoms with van der Waals surface area (Å²) in [6, 6.07) is 3.87. The van der Waals surface area contributed by atoms with Gasteiger partial charge in [-0.25, -0.2) is 9.97 Å². The minimum Gasteiger partial charge on any atom is -0.379 e. The molecular formula is C21H25N5O2S2. The number of piperidine rings is 1. The molecule has 158 valence electrons. The first kappa shape index (κ1) is 19.9. The second kappa shape index (κ2) is 8.58. The number of hydrogen-bond acceptors (Lipinski definition) is 8. The van der Waals surface area contributed by atoms with Crippen molar-refractivity contribution in [3.8, 4) is 10.4 Å². The molecule has 3 aromatic rings. The summed E-state index contributed by atoms with van der Waals surface area (Å²) in [5.74, 6) is 1.38. The highest BCUT2D eigenvalue weighted by Crippen LogP contribution is 2.41. The molecule has 5 rings (SSSR count). The van der Waals surface area contributed by atoms with Gasteiger partial charge in [0.1, 0.15) is 22.5 Å². The van der Waals surface area contributed by atoms with Gasteiger partial charge in [0.15, 0.2) is 0 Å². The molecule has 2 aliphatic heterocycles. The minimum absolute atomic E-state index is 0.274. The van der Waals surface area contributed by atoms with Crippen LogP contribution in [0.4, 0.5) is 5.82 Å². The molecular weight excluding hydrogens is 418 g/mol. The Morgan fingerprint density at radius 2 is 2.07 bits per heavy atom. The Kier molecular flexibility index (Phi) is 5.68. The van der Waals surface area contributed by atoms with Gasteiger partial charge in [-0.1, -0.05) is 6.07 Å². The maximum Gasteiger partial charge on any atom is 0.240 e. The summed E-state index contributed by atoms with van der Waals surface area (Å²) in [7, 11) is 0. The van der Waals surface area contributed by atoms with Crippen LogP contribution in [0, 0.1) is 0 Å². The van der Waals surface area contributed by atoms with E-state index < -0.39 is 0 Å². The molecule has 0 radical (unpaired) electrons. The lowest BCUT2D eigenvalue weighted by atomic mass is 10.0. The van der Waals surface area contributed by atoms with E-state index in [1.165, 1.54) is 4.88 Å². The number of amides is 1. The van der Waals surface area contributed by atoms with E-state index in [9.17, 15) is 4.79 Å². The summed E-state index contributed by atoms with van der Waals surface area (Å²) in [5, 5.41) is 5.29. The van der Waals surface area contributed by atoms with Crippen molar-refractivity contribution in [2.75, 3.05) is 37.7 Å². The Hall–Kier alpha value is -2.07. The summed E-state index contributed by atoms with van der Waals surface area (Å²) in [4.78, 5) is 28.8. The first-order valence-corrected chi connectivity index (χ1v) is 12.1. The highest BCUT2D eigenvalue weighted by Gasteiger charge is 2.31. The second-order valence-corrected chi connectivity index (χ2v) is 9.57. The number of aromatic nitrogens is 2. The van der Waals surface area contributed by atoms with E-state index in [4.69, 9.17) is 20.4 Å². The van der Waals surface area contributed by atoms with Crippen LogP contribution in [0.2, 0.25) is 0 Å². The molecule has 9 heteroatoms. The quantitative estimate of drug-likeness (QED) is 0.652. The number of ether oxygens (including phenoxy) is 1. The van der Waals surface area contributed by atoms with Gasteiger partial charge in [-0.2, -0.15) is 0 Å². The van der Waals surface area contributed by atoms with Crippen LogP contribution in [-0.2, 0) is 16.1 Å². The van der Waals surface area contributed by atoms with E-state index in [1.807, 2.05) is 0 Å². The summed E-state index contributed by atoms with van der Waals surface area (Å²) in [6.45, 7) is 4.73. The summed E-state index contributed by atoms with van der Waals surface area (Å²) in [6.07, 6.45) is 2.82. The fraction of sp³-hybridized carbons (Fsp3) is 0.476. The molecule has 0 aromatic carbocycles. The molecule has 0 spiro atoms. The van der Waals surface area contributed by atoms with Gasteiger partial charge in [0, 0.05) is 35.5 Å². The average molecular weight is 444 g/mol. The number of morpholine rings is 1. The standard InChI is InChI=1S/C21H25N5O2S2/c22-19(27)15-4-1-2-6-26(15)20-18-14(16-5-3-11-29-16)13-30-21(18)24-17(23-20)12-25-7-9-28-10-8-25/h3,5,11,13,15H,1-2,4,6-10,12H2,(H2,22,27)/t15-/m1/s1. The van der Waals surface area contributed by atoms with Crippen LogP contribution in [0.25, 0.3) is 20.7 Å². The van der Waals surface area contributed by atoms with Gasteiger partial charge in [0.05, 0.1) is 25.1 Å². The summed E-state index contributed by atoms with van der Waals surface area (Å²) >= 11 is 3.36. The summed E-state index contributed by atoms with van der Waals surface area (Å²) < 4.78 is 5.47. The van der Waals surface area contributed by atoms with E-state index in [2.05, 4.69) is 32.7 Å². The first-order valence-electron chi connectivity index (χ1n) is 10.4. The molecule has 2 aliphatic rings. The Morgan fingerprint density at radius 1 is 1.20 bits per heavy atom. The molecule has 2 fully saturated rings. The van der Waals surface area contributed by atoms with Crippen molar-refractivity contribution < 1.29 is 9.53 Å². The van der Waals surface area contributed by atoms with E-state index >= 15 is 0 Å². The van der Waals surface area contributed by atoms with Crippen molar-refractivity contribution >= 4 is 44.6 Å². The van der Waals surface area contributed by atoms with Gasteiger partial charge in [0.25, 0.3) is 0 Å². The third-order valence-electron chi connectivity index (χ3n) is 5.82. The van der Waals surface area contributed by atoms with Crippen molar-refractivity contribution in [2.24, 2.45) is 5.73 Å². The SMILES string of the molecule is NC(=O)[C@H]1CCCCN1c1nc(CN2CCOCC2)nc2scc(-c3cccs3)c12. The number of anilines is 1. The molecule has 0 bridgehead atoms. The molecule has 2 N–H and O–H groups in total. The van der Waals surface area contributed by atoms with Crippen molar-refractivity contribution in [3.63, 3.8) is 0 Å². The zero-order chi connectivity index (χ0) is 20.5. The van der Waals surface area contributed by atoms with Crippen molar-refractivity contribution in [1.29, 1.82) is 0 Å². The number of thiophene rings is 2. The van der Waals surface area contributed by atoms with Crippen LogP contribution in [0.15, 0.2) is 22.9 Å². The predicted molar refractivity (Wildman–Crippen MR) is 121 cm³/mol. The zero-order valence-electron chi connectivity index (χ0n) is 16.7. The van der Waals surface area contributed by atoms with Gasteiger partial charge < -0.3 is 15.4 Å². The van der Waals surface area contributed by atoms with Crippen molar-refractivity contribution in [3.05, 3.63) is 28.7 Å². The monoisotopic (exact) mass is 443 g/mol. The van der Waals surface area contributed by atoms with E-state index in [0.29, 0.717) is 6.54 Å². The van der Waals surface area contributed by atoms with E-state index in [1.54, 1.807) is 22.7 Å². The van der Waals surface area contributed by atoms with Crippen LogP contribution in [0.3, 0.4) is 0 Å². The molecule has 5 heterocycles. The Bertz CT molecular complexity index is 1030. The molecule has 7 nitrogen and oxygen atoms in total. The van der Waals surface area contributed by atoms with Gasteiger partial charge in [-0.05, 0) is 30.7 Å². The molecule has 2 saturated heterocycles. The van der Waals surface area contributed by atoms with Crippen LogP contribution in [0.5, 0.6) is 0 Å². The topological polar surface area (TPSA) is 84.6 Å². The number of fused-ring (bicyclic) bond motifs is 1. The Balaban J connectivity index is 1.62. The van der Waals surface area contributed by atoms with Gasteiger partial charge in [-0.15, -0.1) is 22.7 Å². The zero-order valence-corrected chi connectivity index (χ0v) is 18.4. The normalized spacial score (nSPS) is 20.7. The highest BCUT2D eigenvalue weighted by atomic mass is 32.1. The maximum atomic E-state index is 12.2. The Labute approximate surface area is 183 Å².